The quantitative estimate of drug-likeness (QED) is 0.702. The molecule has 0 fully saturated rings. The number of nitrogen functional groups attached to an aromatic ring is 1. The van der Waals surface area contributed by atoms with Gasteiger partial charge in [0.2, 0.25) is 5.95 Å². The van der Waals surface area contributed by atoms with Crippen LogP contribution in [0.4, 0.5) is 11.8 Å². The lowest BCUT2D eigenvalue weighted by atomic mass is 10.1. The van der Waals surface area contributed by atoms with Gasteiger partial charge in [0.1, 0.15) is 5.82 Å². The number of nitrogens with two attached hydrogens (primary N) is 1. The van der Waals surface area contributed by atoms with Gasteiger partial charge in [-0.1, -0.05) is 6.07 Å². The van der Waals surface area contributed by atoms with Crippen LogP contribution in [0.25, 0.3) is 0 Å². The van der Waals surface area contributed by atoms with Crippen LogP contribution in [-0.2, 0) is 19.3 Å². The van der Waals surface area contributed by atoms with E-state index in [0.29, 0.717) is 5.95 Å². The van der Waals surface area contributed by atoms with E-state index in [1.54, 1.807) is 0 Å². The monoisotopic (exact) mass is 312 g/mol. The van der Waals surface area contributed by atoms with Gasteiger partial charge in [-0.15, -0.1) is 0 Å². The Morgan fingerprint density at radius 1 is 1.13 bits per heavy atom. The number of aryl methyl sites for hydroxylation is 1. The number of unbranched alkanes of at least 4 members (excludes halogenated alkanes) is 1. The van der Waals surface area contributed by atoms with Crippen molar-refractivity contribution in [2.45, 2.75) is 32.1 Å². The molecular weight excluding hydrogens is 288 g/mol. The predicted molar refractivity (Wildman–Crippen MR) is 92.4 cm³/mol. The number of anilines is 2. The molecule has 4 N–H and O–H groups in total. The van der Waals surface area contributed by atoms with Crippen LogP contribution >= 0.6 is 0 Å². The van der Waals surface area contributed by atoms with Gasteiger partial charge in [-0.2, -0.15) is 4.98 Å². The first-order chi connectivity index (χ1) is 11.3. The highest BCUT2D eigenvalue weighted by Crippen LogP contribution is 2.20. The number of hydrogen-bond donors (Lipinski definition) is 3. The Hall–Kier alpha value is -2.21. The zero-order valence-electron chi connectivity index (χ0n) is 13.4. The molecule has 0 spiro atoms. The Kier molecular flexibility index (Phi) is 5.37. The van der Waals surface area contributed by atoms with Gasteiger partial charge in [-0.3, -0.25) is 4.98 Å². The molecule has 0 unspecified atom stereocenters. The molecule has 23 heavy (non-hydrogen) atoms. The fraction of sp³-hybridized carbons (Fsp3) is 0.471. The van der Waals surface area contributed by atoms with Crippen molar-refractivity contribution < 1.29 is 0 Å². The van der Waals surface area contributed by atoms with Crippen molar-refractivity contribution >= 4 is 11.8 Å². The largest absolute Gasteiger partial charge is 0.370 e. The lowest BCUT2D eigenvalue weighted by molar-refractivity contribution is 0.708. The Bertz CT molecular complexity index is 628. The van der Waals surface area contributed by atoms with E-state index in [2.05, 4.69) is 31.7 Å². The summed E-state index contributed by atoms with van der Waals surface area (Å²) >= 11 is 0. The molecule has 2 aromatic rings. The minimum Gasteiger partial charge on any atom is -0.370 e. The van der Waals surface area contributed by atoms with Gasteiger partial charge in [-0.25, -0.2) is 4.98 Å². The van der Waals surface area contributed by atoms with Crippen molar-refractivity contribution in [1.82, 2.24) is 20.3 Å². The van der Waals surface area contributed by atoms with Gasteiger partial charge in [0, 0.05) is 37.0 Å². The van der Waals surface area contributed by atoms with Crippen LogP contribution in [-0.4, -0.2) is 34.6 Å². The van der Waals surface area contributed by atoms with E-state index in [0.717, 1.165) is 68.9 Å². The van der Waals surface area contributed by atoms with Crippen LogP contribution in [0.1, 0.15) is 29.8 Å². The second-order valence-electron chi connectivity index (χ2n) is 5.81. The highest BCUT2D eigenvalue weighted by Gasteiger charge is 2.15. The fourth-order valence-electron chi connectivity index (χ4n) is 2.89. The van der Waals surface area contributed by atoms with E-state index < -0.39 is 0 Å². The molecule has 0 saturated heterocycles. The summed E-state index contributed by atoms with van der Waals surface area (Å²) in [6, 6.07) is 6.06. The molecule has 0 atom stereocenters. The molecule has 0 amide bonds. The molecular formula is C17H24N6. The maximum atomic E-state index is 5.85. The molecule has 1 aliphatic heterocycles. The molecule has 0 aliphatic carbocycles. The van der Waals surface area contributed by atoms with Crippen LogP contribution in [0, 0.1) is 0 Å². The summed E-state index contributed by atoms with van der Waals surface area (Å²) in [6.07, 6.45) is 6.90. The molecule has 0 radical (unpaired) electrons. The molecule has 0 aromatic carbocycles. The van der Waals surface area contributed by atoms with E-state index >= 15 is 0 Å². The van der Waals surface area contributed by atoms with Crippen LogP contribution in [0.3, 0.4) is 0 Å². The highest BCUT2D eigenvalue weighted by molar-refractivity contribution is 5.50. The molecule has 3 rings (SSSR count). The summed E-state index contributed by atoms with van der Waals surface area (Å²) < 4.78 is 0. The first kappa shape index (κ1) is 15.7. The van der Waals surface area contributed by atoms with E-state index in [9.17, 15) is 0 Å². The number of fused-ring (bicyclic) bond motifs is 1. The number of rotatable bonds is 6. The van der Waals surface area contributed by atoms with Gasteiger partial charge in [-0.05, 0) is 44.4 Å². The normalized spacial score (nSPS) is 14.1. The molecule has 6 nitrogen and oxygen atoms in total. The fourth-order valence-corrected chi connectivity index (χ4v) is 2.89. The number of nitrogens with one attached hydrogen (secondary N) is 2. The van der Waals surface area contributed by atoms with E-state index in [4.69, 9.17) is 5.73 Å². The van der Waals surface area contributed by atoms with Gasteiger partial charge in [0.05, 0.1) is 5.69 Å². The molecule has 3 heterocycles. The predicted octanol–water partition coefficient (Wildman–Crippen LogP) is 1.58. The van der Waals surface area contributed by atoms with Crippen molar-refractivity contribution in [2.24, 2.45) is 0 Å². The van der Waals surface area contributed by atoms with Crippen LogP contribution < -0.4 is 16.4 Å². The van der Waals surface area contributed by atoms with Crippen LogP contribution in [0.2, 0.25) is 0 Å². The summed E-state index contributed by atoms with van der Waals surface area (Å²) in [6.45, 7) is 2.81. The lowest BCUT2D eigenvalue weighted by Gasteiger charge is -2.13. The first-order valence-corrected chi connectivity index (χ1v) is 8.32. The Morgan fingerprint density at radius 3 is 2.91 bits per heavy atom. The van der Waals surface area contributed by atoms with Crippen molar-refractivity contribution in [3.63, 3.8) is 0 Å². The smallest absolute Gasteiger partial charge is 0.222 e. The Labute approximate surface area is 137 Å². The second kappa shape index (κ2) is 7.87. The summed E-state index contributed by atoms with van der Waals surface area (Å²) in [7, 11) is 0. The van der Waals surface area contributed by atoms with Crippen LogP contribution in [0.15, 0.2) is 24.4 Å². The highest BCUT2D eigenvalue weighted by atomic mass is 15.1. The number of aromatic nitrogens is 3. The molecule has 0 saturated carbocycles. The van der Waals surface area contributed by atoms with E-state index in [1.165, 1.54) is 5.56 Å². The zero-order valence-corrected chi connectivity index (χ0v) is 13.4. The van der Waals surface area contributed by atoms with Crippen molar-refractivity contribution in [1.29, 1.82) is 0 Å². The number of pyridine rings is 1. The second-order valence-corrected chi connectivity index (χ2v) is 5.81. The van der Waals surface area contributed by atoms with Gasteiger partial charge in [0.15, 0.2) is 0 Å². The molecule has 6 heteroatoms. The molecule has 122 valence electrons. The topological polar surface area (TPSA) is 88.8 Å². The standard InChI is InChI=1S/C17H24N6/c18-17-22-15-8-12-19-11-7-14(15)16(23-17)21-10-4-2-6-13-5-1-3-9-20-13/h1,3,5,9,19H,2,4,6-8,10-12H2,(H3,18,21,22,23). The summed E-state index contributed by atoms with van der Waals surface area (Å²) in [5, 5.41) is 6.84. The van der Waals surface area contributed by atoms with Gasteiger partial charge in [0.25, 0.3) is 0 Å². The number of hydrogen-bond acceptors (Lipinski definition) is 6. The third-order valence-electron chi connectivity index (χ3n) is 4.08. The maximum Gasteiger partial charge on any atom is 0.222 e. The SMILES string of the molecule is Nc1nc2c(c(NCCCCc3ccccn3)n1)CCNCC2. The third kappa shape index (κ3) is 4.39. The average Bonchev–Trinajstić information content (AvgIpc) is 2.80. The lowest BCUT2D eigenvalue weighted by Crippen LogP contribution is -2.16. The van der Waals surface area contributed by atoms with Crippen molar-refractivity contribution in [3.8, 4) is 0 Å². The van der Waals surface area contributed by atoms with Gasteiger partial charge < -0.3 is 16.4 Å². The number of nitrogens with zero attached hydrogens (tertiary/aromatic N) is 3. The van der Waals surface area contributed by atoms with Crippen molar-refractivity contribution in [2.75, 3.05) is 30.7 Å². The first-order valence-electron chi connectivity index (χ1n) is 8.32. The Balaban J connectivity index is 1.53. The molecule has 1 aliphatic rings. The average molecular weight is 312 g/mol. The minimum atomic E-state index is 0.363. The zero-order chi connectivity index (χ0) is 15.9. The van der Waals surface area contributed by atoms with E-state index in [1.807, 2.05) is 18.3 Å². The minimum absolute atomic E-state index is 0.363. The Morgan fingerprint density at radius 2 is 2.04 bits per heavy atom. The molecule has 0 bridgehead atoms. The van der Waals surface area contributed by atoms with Crippen molar-refractivity contribution in [3.05, 3.63) is 41.3 Å². The summed E-state index contributed by atoms with van der Waals surface area (Å²) in [5.74, 6) is 1.27. The molecule has 2 aromatic heterocycles. The van der Waals surface area contributed by atoms with Gasteiger partial charge >= 0.3 is 0 Å². The summed E-state index contributed by atoms with van der Waals surface area (Å²) in [5.41, 5.74) is 9.30. The summed E-state index contributed by atoms with van der Waals surface area (Å²) in [4.78, 5) is 13.1. The van der Waals surface area contributed by atoms with E-state index in [-0.39, 0.29) is 0 Å². The third-order valence-corrected chi connectivity index (χ3v) is 4.08. The maximum absolute atomic E-state index is 5.85. The van der Waals surface area contributed by atoms with Crippen LogP contribution in [0.5, 0.6) is 0 Å².